The standard InChI is InChI=1S/C13H14ClN3OS/c1-16-7-9(3-5-12(16)18)17-11-6-8(14)2-4-10(11)15-13(17)19/h2,4,6,9H,3,5,7H2,1H3,(H,15,19). The maximum Gasteiger partial charge on any atom is 0.222 e. The topological polar surface area (TPSA) is 41.0 Å². The Bertz CT molecular complexity index is 705. The monoisotopic (exact) mass is 295 g/mol. The summed E-state index contributed by atoms with van der Waals surface area (Å²) in [5.74, 6) is 0.195. The Balaban J connectivity index is 2.09. The van der Waals surface area contributed by atoms with E-state index >= 15 is 0 Å². The summed E-state index contributed by atoms with van der Waals surface area (Å²) in [7, 11) is 1.83. The second-order valence-corrected chi connectivity index (χ2v) is 5.75. The molecule has 0 bridgehead atoms. The highest BCUT2D eigenvalue weighted by molar-refractivity contribution is 7.71. The molecule has 1 unspecified atom stereocenters. The van der Waals surface area contributed by atoms with Gasteiger partial charge in [-0.15, -0.1) is 0 Å². The van der Waals surface area contributed by atoms with Crippen molar-refractivity contribution in [3.63, 3.8) is 0 Å². The van der Waals surface area contributed by atoms with Crippen molar-refractivity contribution in [1.82, 2.24) is 14.5 Å². The van der Waals surface area contributed by atoms with E-state index in [4.69, 9.17) is 23.8 Å². The molecule has 0 saturated carbocycles. The molecular weight excluding hydrogens is 282 g/mol. The molecule has 3 rings (SSSR count). The van der Waals surface area contributed by atoms with E-state index in [2.05, 4.69) is 9.55 Å². The molecule has 1 aromatic carbocycles. The van der Waals surface area contributed by atoms with Crippen molar-refractivity contribution in [3.8, 4) is 0 Å². The van der Waals surface area contributed by atoms with Gasteiger partial charge >= 0.3 is 0 Å². The number of H-pyrrole nitrogens is 1. The van der Waals surface area contributed by atoms with Crippen LogP contribution in [0.3, 0.4) is 0 Å². The molecule has 2 aromatic rings. The fourth-order valence-corrected chi connectivity index (χ4v) is 3.18. The van der Waals surface area contributed by atoms with E-state index in [1.807, 2.05) is 25.2 Å². The molecular formula is C13H14ClN3OS. The number of halogens is 1. The Kier molecular flexibility index (Phi) is 3.11. The minimum Gasteiger partial charge on any atom is -0.344 e. The number of carbonyl (C=O) groups is 1. The van der Waals surface area contributed by atoms with Gasteiger partial charge in [0.15, 0.2) is 4.77 Å². The van der Waals surface area contributed by atoms with Gasteiger partial charge in [-0.2, -0.15) is 0 Å². The lowest BCUT2D eigenvalue weighted by Gasteiger charge is -2.30. The minimum atomic E-state index is 0.195. The zero-order valence-corrected chi connectivity index (χ0v) is 12.1. The van der Waals surface area contributed by atoms with Gasteiger partial charge in [-0.05, 0) is 36.8 Å². The Morgan fingerprint density at radius 1 is 1.47 bits per heavy atom. The molecule has 1 saturated heterocycles. The predicted octanol–water partition coefficient (Wildman–Crippen LogP) is 3.15. The Labute approximate surface area is 121 Å². The zero-order valence-electron chi connectivity index (χ0n) is 10.5. The first-order chi connectivity index (χ1) is 9.06. The van der Waals surface area contributed by atoms with Crippen LogP contribution < -0.4 is 0 Å². The molecule has 1 aliphatic heterocycles. The van der Waals surface area contributed by atoms with E-state index in [-0.39, 0.29) is 11.9 Å². The molecule has 2 heterocycles. The summed E-state index contributed by atoms with van der Waals surface area (Å²) in [6.45, 7) is 0.687. The number of fused-ring (bicyclic) bond motifs is 1. The molecule has 0 aliphatic carbocycles. The molecule has 6 heteroatoms. The van der Waals surface area contributed by atoms with Crippen LogP contribution in [0.5, 0.6) is 0 Å². The molecule has 1 N–H and O–H groups in total. The third kappa shape index (κ3) is 2.17. The Hall–Kier alpha value is -1.33. The normalized spacial score (nSPS) is 20.2. The third-order valence-electron chi connectivity index (χ3n) is 3.65. The molecule has 1 amide bonds. The van der Waals surface area contributed by atoms with E-state index in [1.54, 1.807) is 4.90 Å². The molecule has 4 nitrogen and oxygen atoms in total. The van der Waals surface area contributed by atoms with Crippen molar-refractivity contribution in [3.05, 3.63) is 28.0 Å². The van der Waals surface area contributed by atoms with Gasteiger partial charge in [0, 0.05) is 25.0 Å². The molecule has 0 spiro atoms. The number of nitrogens with zero attached hydrogens (tertiary/aromatic N) is 2. The number of piperidine rings is 1. The van der Waals surface area contributed by atoms with Gasteiger partial charge in [0.05, 0.1) is 17.1 Å². The van der Waals surface area contributed by atoms with Crippen molar-refractivity contribution in [2.75, 3.05) is 13.6 Å². The van der Waals surface area contributed by atoms with E-state index in [0.29, 0.717) is 22.8 Å². The highest BCUT2D eigenvalue weighted by Gasteiger charge is 2.25. The van der Waals surface area contributed by atoms with Gasteiger partial charge in [-0.1, -0.05) is 11.6 Å². The first kappa shape index (κ1) is 12.7. The van der Waals surface area contributed by atoms with Crippen molar-refractivity contribution < 1.29 is 4.79 Å². The number of aromatic nitrogens is 2. The van der Waals surface area contributed by atoms with Crippen LogP contribution in [0, 0.1) is 4.77 Å². The molecule has 1 aliphatic rings. The van der Waals surface area contributed by atoms with Crippen LogP contribution in [0.1, 0.15) is 18.9 Å². The molecule has 1 atom stereocenters. The van der Waals surface area contributed by atoms with Crippen molar-refractivity contribution in [2.45, 2.75) is 18.9 Å². The SMILES string of the molecule is CN1CC(n2c(=S)[nH]c3ccc(Cl)cc32)CCC1=O. The highest BCUT2D eigenvalue weighted by atomic mass is 35.5. The lowest BCUT2D eigenvalue weighted by Crippen LogP contribution is -2.37. The molecule has 100 valence electrons. The summed E-state index contributed by atoms with van der Waals surface area (Å²) in [5.41, 5.74) is 1.99. The van der Waals surface area contributed by atoms with Crippen LogP contribution in [0.2, 0.25) is 5.02 Å². The number of hydrogen-bond acceptors (Lipinski definition) is 2. The van der Waals surface area contributed by atoms with Crippen molar-refractivity contribution in [2.24, 2.45) is 0 Å². The largest absolute Gasteiger partial charge is 0.344 e. The van der Waals surface area contributed by atoms with E-state index in [0.717, 1.165) is 17.5 Å². The first-order valence-electron chi connectivity index (χ1n) is 6.20. The first-order valence-corrected chi connectivity index (χ1v) is 6.98. The summed E-state index contributed by atoms with van der Waals surface area (Å²) >= 11 is 11.5. The van der Waals surface area contributed by atoms with E-state index < -0.39 is 0 Å². The van der Waals surface area contributed by atoms with Gasteiger partial charge in [0.1, 0.15) is 0 Å². The smallest absolute Gasteiger partial charge is 0.222 e. The number of amides is 1. The fourth-order valence-electron chi connectivity index (χ4n) is 2.66. The molecule has 19 heavy (non-hydrogen) atoms. The lowest BCUT2D eigenvalue weighted by molar-refractivity contribution is -0.132. The zero-order chi connectivity index (χ0) is 13.6. The van der Waals surface area contributed by atoms with Gasteiger partial charge in [0.25, 0.3) is 0 Å². The van der Waals surface area contributed by atoms with Crippen LogP contribution >= 0.6 is 23.8 Å². The van der Waals surface area contributed by atoms with Crippen molar-refractivity contribution >= 4 is 40.8 Å². The van der Waals surface area contributed by atoms with E-state index in [9.17, 15) is 4.79 Å². The second-order valence-electron chi connectivity index (χ2n) is 4.93. The summed E-state index contributed by atoms with van der Waals surface area (Å²) in [6.07, 6.45) is 1.38. The summed E-state index contributed by atoms with van der Waals surface area (Å²) in [4.78, 5) is 16.5. The maximum atomic E-state index is 11.6. The number of rotatable bonds is 1. The second kappa shape index (κ2) is 4.65. The van der Waals surface area contributed by atoms with Crippen molar-refractivity contribution in [1.29, 1.82) is 0 Å². The van der Waals surface area contributed by atoms with Gasteiger partial charge in [-0.25, -0.2) is 0 Å². The predicted molar refractivity (Wildman–Crippen MR) is 78.0 cm³/mol. The summed E-state index contributed by atoms with van der Waals surface area (Å²) < 4.78 is 2.77. The van der Waals surface area contributed by atoms with Crippen LogP contribution in [-0.2, 0) is 4.79 Å². The van der Waals surface area contributed by atoms with Gasteiger partial charge in [0.2, 0.25) is 5.91 Å². The summed E-state index contributed by atoms with van der Waals surface area (Å²) in [6, 6.07) is 5.90. The number of nitrogens with one attached hydrogen (secondary N) is 1. The number of aromatic amines is 1. The van der Waals surface area contributed by atoms with Crippen LogP contribution in [0.4, 0.5) is 0 Å². The molecule has 1 aromatic heterocycles. The number of likely N-dealkylation sites (N-methyl/N-ethyl adjacent to an activating group) is 1. The number of benzene rings is 1. The Morgan fingerprint density at radius 2 is 2.26 bits per heavy atom. The van der Waals surface area contributed by atoms with Gasteiger partial charge in [-0.3, -0.25) is 4.79 Å². The molecule has 1 fully saturated rings. The number of imidazole rings is 1. The van der Waals surface area contributed by atoms with Gasteiger partial charge < -0.3 is 14.5 Å². The quantitative estimate of drug-likeness (QED) is 0.821. The minimum absolute atomic E-state index is 0.195. The molecule has 0 radical (unpaired) electrons. The number of hydrogen-bond donors (Lipinski definition) is 1. The average molecular weight is 296 g/mol. The third-order valence-corrected chi connectivity index (χ3v) is 4.18. The number of likely N-dealkylation sites (tertiary alicyclic amines) is 1. The average Bonchev–Trinajstić information content (AvgIpc) is 2.68. The van der Waals surface area contributed by atoms with Crippen LogP contribution in [-0.4, -0.2) is 34.0 Å². The summed E-state index contributed by atoms with van der Waals surface area (Å²) in [5, 5.41) is 0.690. The maximum absolute atomic E-state index is 11.6. The lowest BCUT2D eigenvalue weighted by atomic mass is 10.1. The highest BCUT2D eigenvalue weighted by Crippen LogP contribution is 2.28. The van der Waals surface area contributed by atoms with Crippen LogP contribution in [0.25, 0.3) is 11.0 Å². The Morgan fingerprint density at radius 3 is 3.00 bits per heavy atom. The van der Waals surface area contributed by atoms with E-state index in [1.165, 1.54) is 0 Å². The van der Waals surface area contributed by atoms with Crippen LogP contribution in [0.15, 0.2) is 18.2 Å². The number of carbonyl (C=O) groups excluding carboxylic acids is 1. The fraction of sp³-hybridized carbons (Fsp3) is 0.385.